The fraction of sp³-hybridized carbons (Fsp3) is 0.375. The highest BCUT2D eigenvalue weighted by atomic mass is 35.5. The maximum Gasteiger partial charge on any atom is 0.265 e. The molecule has 2 atom stereocenters. The lowest BCUT2D eigenvalue weighted by Gasteiger charge is -2.33. The second-order valence-corrected chi connectivity index (χ2v) is 12.6. The standard InChI is InChI=1S/C32H40ClN3O7S/c1-8-22(3)34-32(38)23(4)35(19-24-12-10-9-11-21(24)2)31(37)20-36(27-17-25(33)13-15-28(27)41-5)44(39,40)26-14-16-29(42-6)30(18-26)43-7/h9-18,22-23H,8,19-20H2,1-7H3,(H,34,38)/t22-,23-/m0/s1. The Bertz CT molecular complexity index is 1580. The van der Waals surface area contributed by atoms with E-state index in [9.17, 15) is 18.0 Å². The van der Waals surface area contributed by atoms with Crippen LogP contribution in [-0.4, -0.2) is 65.1 Å². The van der Waals surface area contributed by atoms with E-state index < -0.39 is 28.5 Å². The Morgan fingerprint density at radius 3 is 2.16 bits per heavy atom. The van der Waals surface area contributed by atoms with E-state index in [-0.39, 0.29) is 45.6 Å². The van der Waals surface area contributed by atoms with E-state index in [0.29, 0.717) is 12.2 Å². The predicted octanol–water partition coefficient (Wildman–Crippen LogP) is 5.20. The van der Waals surface area contributed by atoms with E-state index in [1.807, 2.05) is 45.0 Å². The van der Waals surface area contributed by atoms with Gasteiger partial charge in [0, 0.05) is 23.7 Å². The van der Waals surface area contributed by atoms with Gasteiger partial charge in [0.2, 0.25) is 11.8 Å². The minimum Gasteiger partial charge on any atom is -0.495 e. The summed E-state index contributed by atoms with van der Waals surface area (Å²) < 4.78 is 45.7. The summed E-state index contributed by atoms with van der Waals surface area (Å²) >= 11 is 6.32. The Labute approximate surface area is 264 Å². The average Bonchev–Trinajstić information content (AvgIpc) is 3.02. The number of anilines is 1. The molecule has 238 valence electrons. The number of sulfonamides is 1. The fourth-order valence-electron chi connectivity index (χ4n) is 4.49. The molecule has 3 aromatic rings. The van der Waals surface area contributed by atoms with Crippen molar-refractivity contribution in [1.82, 2.24) is 10.2 Å². The molecule has 2 amide bonds. The summed E-state index contributed by atoms with van der Waals surface area (Å²) in [5.74, 6) is -0.254. The van der Waals surface area contributed by atoms with Crippen molar-refractivity contribution in [3.05, 3.63) is 76.8 Å². The van der Waals surface area contributed by atoms with Gasteiger partial charge in [0.1, 0.15) is 18.3 Å². The zero-order valence-electron chi connectivity index (χ0n) is 26.1. The maximum atomic E-state index is 14.3. The minimum atomic E-state index is -4.43. The van der Waals surface area contributed by atoms with Crippen molar-refractivity contribution in [3.63, 3.8) is 0 Å². The minimum absolute atomic E-state index is 0.0516. The number of hydrogen-bond acceptors (Lipinski definition) is 7. The molecule has 0 saturated heterocycles. The number of nitrogens with zero attached hydrogens (tertiary/aromatic N) is 2. The van der Waals surface area contributed by atoms with Crippen molar-refractivity contribution < 1.29 is 32.2 Å². The quantitative estimate of drug-likeness (QED) is 0.256. The Balaban J connectivity index is 2.15. The highest BCUT2D eigenvalue weighted by molar-refractivity contribution is 7.92. The van der Waals surface area contributed by atoms with Gasteiger partial charge in [-0.25, -0.2) is 8.42 Å². The van der Waals surface area contributed by atoms with Crippen molar-refractivity contribution in [1.29, 1.82) is 0 Å². The molecular formula is C32H40ClN3O7S. The first-order valence-electron chi connectivity index (χ1n) is 14.1. The van der Waals surface area contributed by atoms with Gasteiger partial charge in [0.25, 0.3) is 10.0 Å². The van der Waals surface area contributed by atoms with E-state index in [0.717, 1.165) is 15.4 Å². The van der Waals surface area contributed by atoms with E-state index in [4.69, 9.17) is 25.8 Å². The average molecular weight is 646 g/mol. The third-order valence-electron chi connectivity index (χ3n) is 7.40. The lowest BCUT2D eigenvalue weighted by Crippen LogP contribution is -2.52. The summed E-state index contributed by atoms with van der Waals surface area (Å²) in [6.45, 7) is 6.79. The second kappa shape index (κ2) is 15.2. The van der Waals surface area contributed by atoms with Crippen LogP contribution in [-0.2, 0) is 26.2 Å². The van der Waals surface area contributed by atoms with Gasteiger partial charge in [-0.15, -0.1) is 0 Å². The first-order chi connectivity index (χ1) is 20.9. The van der Waals surface area contributed by atoms with Gasteiger partial charge in [0.05, 0.1) is 31.9 Å². The van der Waals surface area contributed by atoms with Crippen LogP contribution in [0.5, 0.6) is 17.2 Å². The Kier molecular flexibility index (Phi) is 11.9. The predicted molar refractivity (Wildman–Crippen MR) is 171 cm³/mol. The van der Waals surface area contributed by atoms with Crippen LogP contribution in [0, 0.1) is 6.92 Å². The second-order valence-electron chi connectivity index (χ2n) is 10.3. The number of aryl methyl sites for hydroxylation is 1. The molecule has 0 unspecified atom stereocenters. The number of carbonyl (C=O) groups is 2. The third kappa shape index (κ3) is 7.95. The van der Waals surface area contributed by atoms with Crippen LogP contribution in [0.2, 0.25) is 5.02 Å². The van der Waals surface area contributed by atoms with Crippen molar-refractivity contribution in [3.8, 4) is 17.2 Å². The van der Waals surface area contributed by atoms with Crippen molar-refractivity contribution in [2.24, 2.45) is 0 Å². The van der Waals surface area contributed by atoms with Crippen LogP contribution >= 0.6 is 11.6 Å². The van der Waals surface area contributed by atoms with Gasteiger partial charge < -0.3 is 24.4 Å². The summed E-state index contributed by atoms with van der Waals surface area (Å²) in [6.07, 6.45) is 0.704. The van der Waals surface area contributed by atoms with Gasteiger partial charge >= 0.3 is 0 Å². The topological polar surface area (TPSA) is 114 Å². The normalized spacial score (nSPS) is 12.5. The molecule has 1 N–H and O–H groups in total. The highest BCUT2D eigenvalue weighted by Crippen LogP contribution is 2.37. The summed E-state index contributed by atoms with van der Waals surface area (Å²) in [7, 11) is -0.204. The molecule has 0 aliphatic heterocycles. The molecular weight excluding hydrogens is 606 g/mol. The van der Waals surface area contributed by atoms with E-state index in [1.165, 1.54) is 56.6 Å². The Morgan fingerprint density at radius 2 is 1.55 bits per heavy atom. The van der Waals surface area contributed by atoms with Crippen LogP contribution in [0.15, 0.2) is 65.6 Å². The van der Waals surface area contributed by atoms with Crippen molar-refractivity contribution in [2.75, 3.05) is 32.2 Å². The number of nitrogens with one attached hydrogen (secondary N) is 1. The molecule has 0 bridgehead atoms. The molecule has 12 heteroatoms. The number of benzene rings is 3. The van der Waals surface area contributed by atoms with Gasteiger partial charge in [0.15, 0.2) is 11.5 Å². The lowest BCUT2D eigenvalue weighted by molar-refractivity contribution is -0.139. The number of halogens is 1. The summed E-state index contributed by atoms with van der Waals surface area (Å²) in [5, 5.41) is 3.16. The first kappa shape index (κ1) is 34.5. The fourth-order valence-corrected chi connectivity index (χ4v) is 6.09. The molecule has 44 heavy (non-hydrogen) atoms. The molecule has 10 nitrogen and oxygen atoms in total. The van der Waals surface area contributed by atoms with Crippen LogP contribution in [0.1, 0.15) is 38.3 Å². The lowest BCUT2D eigenvalue weighted by atomic mass is 10.1. The molecule has 0 heterocycles. The molecule has 0 aromatic heterocycles. The Hall–Kier alpha value is -3.96. The molecule has 0 radical (unpaired) electrons. The zero-order valence-corrected chi connectivity index (χ0v) is 27.7. The van der Waals surface area contributed by atoms with Gasteiger partial charge in [-0.2, -0.15) is 0 Å². The largest absolute Gasteiger partial charge is 0.495 e. The number of carbonyl (C=O) groups excluding carboxylic acids is 2. The molecule has 3 rings (SSSR count). The molecule has 0 aliphatic carbocycles. The molecule has 3 aromatic carbocycles. The van der Waals surface area contributed by atoms with E-state index in [2.05, 4.69) is 5.32 Å². The SMILES string of the molecule is CC[C@H](C)NC(=O)[C@H](C)N(Cc1ccccc1C)C(=O)CN(c1cc(Cl)ccc1OC)S(=O)(=O)c1ccc(OC)c(OC)c1. The number of ether oxygens (including phenoxy) is 3. The maximum absolute atomic E-state index is 14.3. The molecule has 0 saturated carbocycles. The number of hydrogen-bond donors (Lipinski definition) is 1. The summed E-state index contributed by atoms with van der Waals surface area (Å²) in [4.78, 5) is 28.8. The van der Waals surface area contributed by atoms with Gasteiger partial charge in [-0.1, -0.05) is 42.8 Å². The van der Waals surface area contributed by atoms with Crippen LogP contribution in [0.4, 0.5) is 5.69 Å². The van der Waals surface area contributed by atoms with Crippen LogP contribution in [0.3, 0.4) is 0 Å². The molecule has 0 aliphatic rings. The number of rotatable bonds is 14. The summed E-state index contributed by atoms with van der Waals surface area (Å²) in [5.41, 5.74) is 1.79. The molecule has 0 spiro atoms. The van der Waals surface area contributed by atoms with Crippen molar-refractivity contribution in [2.45, 2.75) is 57.6 Å². The van der Waals surface area contributed by atoms with Crippen LogP contribution < -0.4 is 23.8 Å². The van der Waals surface area contributed by atoms with Gasteiger partial charge in [-0.05, 0) is 68.7 Å². The highest BCUT2D eigenvalue weighted by Gasteiger charge is 2.34. The monoisotopic (exact) mass is 645 g/mol. The zero-order chi connectivity index (χ0) is 32.6. The first-order valence-corrected chi connectivity index (χ1v) is 15.9. The summed E-state index contributed by atoms with van der Waals surface area (Å²) in [6, 6.07) is 15.1. The number of methoxy groups -OCH3 is 3. The van der Waals surface area contributed by atoms with E-state index in [1.54, 1.807) is 13.0 Å². The van der Waals surface area contributed by atoms with Crippen molar-refractivity contribution >= 4 is 39.1 Å². The van der Waals surface area contributed by atoms with Crippen LogP contribution in [0.25, 0.3) is 0 Å². The van der Waals surface area contributed by atoms with Gasteiger partial charge in [-0.3, -0.25) is 13.9 Å². The smallest absolute Gasteiger partial charge is 0.265 e. The molecule has 0 fully saturated rings. The van der Waals surface area contributed by atoms with E-state index >= 15 is 0 Å². The Morgan fingerprint density at radius 1 is 0.909 bits per heavy atom. The third-order valence-corrected chi connectivity index (χ3v) is 9.39. The number of amides is 2.